The van der Waals surface area contributed by atoms with Crippen molar-refractivity contribution in [3.05, 3.63) is 59.8 Å². The Balaban J connectivity index is 1.25. The average molecular weight is 407 g/mol. The van der Waals surface area contributed by atoms with Gasteiger partial charge in [-0.1, -0.05) is 48.1 Å². The second kappa shape index (κ2) is 9.15. The predicted octanol–water partition coefficient (Wildman–Crippen LogP) is 4.54. The van der Waals surface area contributed by atoms with Crippen molar-refractivity contribution in [2.75, 3.05) is 11.9 Å². The molecule has 4 N–H and O–H groups in total. The second-order valence-corrected chi connectivity index (χ2v) is 8.33. The van der Waals surface area contributed by atoms with Crippen LogP contribution < -0.4 is 11.1 Å². The molecule has 0 saturated heterocycles. The maximum Gasteiger partial charge on any atom is 0.206 e. The number of nitrogens with zero attached hydrogens (tertiary/aromatic N) is 3. The SMILES string of the molecule is Cc1n[nH]c2ccc(-c3nnc(NC[C@H](N)CCCCc4ccccc4)s3)cc12. The van der Waals surface area contributed by atoms with Gasteiger partial charge in [-0.3, -0.25) is 5.10 Å². The smallest absolute Gasteiger partial charge is 0.206 e. The normalized spacial score (nSPS) is 12.3. The number of benzene rings is 2. The van der Waals surface area contributed by atoms with Crippen LogP contribution in [0, 0.1) is 6.92 Å². The molecule has 0 aliphatic heterocycles. The van der Waals surface area contributed by atoms with Gasteiger partial charge in [0.25, 0.3) is 0 Å². The minimum absolute atomic E-state index is 0.114. The lowest BCUT2D eigenvalue weighted by Gasteiger charge is -2.11. The molecule has 0 fully saturated rings. The van der Waals surface area contributed by atoms with Gasteiger partial charge >= 0.3 is 0 Å². The molecule has 2 aromatic heterocycles. The number of hydrogen-bond donors (Lipinski definition) is 3. The zero-order chi connectivity index (χ0) is 20.1. The Morgan fingerprint density at radius 1 is 1.10 bits per heavy atom. The van der Waals surface area contributed by atoms with E-state index < -0.39 is 0 Å². The molecule has 2 aromatic carbocycles. The van der Waals surface area contributed by atoms with Crippen molar-refractivity contribution >= 4 is 27.4 Å². The number of unbranched alkanes of at least 4 members (excludes halogenated alkanes) is 1. The number of aryl methyl sites for hydroxylation is 2. The summed E-state index contributed by atoms with van der Waals surface area (Å²) in [5, 5.41) is 22.0. The third kappa shape index (κ3) is 4.99. The van der Waals surface area contributed by atoms with E-state index in [0.717, 1.165) is 58.0 Å². The number of aromatic amines is 1. The van der Waals surface area contributed by atoms with Crippen molar-refractivity contribution in [2.45, 2.75) is 38.6 Å². The highest BCUT2D eigenvalue weighted by atomic mass is 32.1. The van der Waals surface area contributed by atoms with Crippen LogP contribution in [-0.2, 0) is 6.42 Å². The Bertz CT molecular complexity index is 1060. The lowest BCUT2D eigenvalue weighted by Crippen LogP contribution is -2.28. The maximum absolute atomic E-state index is 6.27. The van der Waals surface area contributed by atoms with Gasteiger partial charge in [0.15, 0.2) is 0 Å². The summed E-state index contributed by atoms with van der Waals surface area (Å²) in [6.45, 7) is 2.71. The van der Waals surface area contributed by atoms with E-state index in [9.17, 15) is 0 Å². The van der Waals surface area contributed by atoms with Gasteiger partial charge < -0.3 is 11.1 Å². The summed E-state index contributed by atoms with van der Waals surface area (Å²) in [4.78, 5) is 0. The number of rotatable bonds is 9. The number of hydrogen-bond acceptors (Lipinski definition) is 6. The van der Waals surface area contributed by atoms with Gasteiger partial charge in [-0.25, -0.2) is 0 Å². The topological polar surface area (TPSA) is 92.5 Å². The summed E-state index contributed by atoms with van der Waals surface area (Å²) in [7, 11) is 0. The monoisotopic (exact) mass is 406 g/mol. The number of fused-ring (bicyclic) bond motifs is 1. The zero-order valence-electron chi connectivity index (χ0n) is 16.6. The number of anilines is 1. The molecular weight excluding hydrogens is 380 g/mol. The van der Waals surface area contributed by atoms with Crippen LogP contribution in [0.25, 0.3) is 21.5 Å². The molecule has 0 bridgehead atoms. The first-order valence-electron chi connectivity index (χ1n) is 10.0. The fourth-order valence-electron chi connectivity index (χ4n) is 3.39. The Hall–Kier alpha value is -2.77. The average Bonchev–Trinajstić information content (AvgIpc) is 3.37. The summed E-state index contributed by atoms with van der Waals surface area (Å²) in [5.74, 6) is 0. The van der Waals surface area contributed by atoms with E-state index in [-0.39, 0.29) is 6.04 Å². The van der Waals surface area contributed by atoms with Crippen LogP contribution in [0.1, 0.15) is 30.5 Å². The molecule has 150 valence electrons. The number of nitrogens with one attached hydrogen (secondary N) is 2. The van der Waals surface area contributed by atoms with Gasteiger partial charge in [-0.2, -0.15) is 5.10 Å². The van der Waals surface area contributed by atoms with Gasteiger partial charge in [0.05, 0.1) is 11.2 Å². The molecule has 29 heavy (non-hydrogen) atoms. The maximum atomic E-state index is 6.27. The van der Waals surface area contributed by atoms with Crippen molar-refractivity contribution < 1.29 is 0 Å². The van der Waals surface area contributed by atoms with E-state index in [1.807, 2.05) is 19.1 Å². The van der Waals surface area contributed by atoms with Crippen molar-refractivity contribution in [2.24, 2.45) is 5.73 Å². The first kappa shape index (κ1) is 19.5. The van der Waals surface area contributed by atoms with Gasteiger partial charge in [0.2, 0.25) is 5.13 Å². The van der Waals surface area contributed by atoms with E-state index >= 15 is 0 Å². The van der Waals surface area contributed by atoms with Gasteiger partial charge in [-0.05, 0) is 49.9 Å². The van der Waals surface area contributed by atoms with Crippen LogP contribution >= 0.6 is 11.3 Å². The summed E-state index contributed by atoms with van der Waals surface area (Å²) in [5.41, 5.74) is 10.7. The van der Waals surface area contributed by atoms with Gasteiger partial charge in [0, 0.05) is 23.5 Å². The summed E-state index contributed by atoms with van der Waals surface area (Å²) < 4.78 is 0. The minimum Gasteiger partial charge on any atom is -0.359 e. The van der Waals surface area contributed by atoms with Crippen molar-refractivity contribution in [3.63, 3.8) is 0 Å². The standard InChI is InChI=1S/C22H26N6S/c1-15-19-13-17(11-12-20(19)26-25-15)21-27-28-22(29-21)24-14-18(23)10-6-5-9-16-7-3-2-4-8-16/h2-4,7-8,11-13,18H,5-6,9-10,14,23H2,1H3,(H,24,28)(H,25,26)/t18-/m1/s1. The first-order chi connectivity index (χ1) is 14.2. The highest BCUT2D eigenvalue weighted by Gasteiger charge is 2.10. The molecule has 2 heterocycles. The van der Waals surface area contributed by atoms with Crippen LogP contribution in [0.5, 0.6) is 0 Å². The summed E-state index contributed by atoms with van der Waals surface area (Å²) in [6.07, 6.45) is 4.41. The largest absolute Gasteiger partial charge is 0.359 e. The molecule has 6 nitrogen and oxygen atoms in total. The van der Waals surface area contributed by atoms with E-state index in [2.05, 4.69) is 62.1 Å². The molecule has 0 saturated carbocycles. The van der Waals surface area contributed by atoms with E-state index in [0.29, 0.717) is 6.54 Å². The first-order valence-corrected chi connectivity index (χ1v) is 10.8. The van der Waals surface area contributed by atoms with Crippen LogP contribution in [0.3, 0.4) is 0 Å². The highest BCUT2D eigenvalue weighted by molar-refractivity contribution is 7.18. The Kier molecular flexibility index (Phi) is 6.17. The number of nitrogens with two attached hydrogens (primary N) is 1. The lowest BCUT2D eigenvalue weighted by molar-refractivity contribution is 0.580. The lowest BCUT2D eigenvalue weighted by atomic mass is 10.0. The van der Waals surface area contributed by atoms with Crippen LogP contribution in [0.2, 0.25) is 0 Å². The van der Waals surface area contributed by atoms with Crippen LogP contribution in [-0.4, -0.2) is 33.0 Å². The third-order valence-electron chi connectivity index (χ3n) is 5.07. The molecule has 0 aliphatic carbocycles. The molecule has 0 unspecified atom stereocenters. The van der Waals surface area contributed by atoms with Crippen molar-refractivity contribution in [1.82, 2.24) is 20.4 Å². The van der Waals surface area contributed by atoms with Gasteiger partial charge in [0.1, 0.15) is 5.01 Å². The fourth-order valence-corrected chi connectivity index (χ4v) is 4.14. The van der Waals surface area contributed by atoms with Crippen LogP contribution in [0.4, 0.5) is 5.13 Å². The molecule has 0 radical (unpaired) electrons. The Morgan fingerprint density at radius 2 is 1.97 bits per heavy atom. The van der Waals surface area contributed by atoms with Crippen molar-refractivity contribution in [1.29, 1.82) is 0 Å². The van der Waals surface area contributed by atoms with Gasteiger partial charge in [-0.15, -0.1) is 10.2 Å². The molecule has 0 spiro atoms. The van der Waals surface area contributed by atoms with Crippen molar-refractivity contribution in [3.8, 4) is 10.6 Å². The molecule has 1 atom stereocenters. The summed E-state index contributed by atoms with van der Waals surface area (Å²) in [6, 6.07) is 16.9. The predicted molar refractivity (Wildman–Crippen MR) is 120 cm³/mol. The molecular formula is C22H26N6S. The molecule has 0 aliphatic rings. The highest BCUT2D eigenvalue weighted by Crippen LogP contribution is 2.29. The van der Waals surface area contributed by atoms with E-state index in [1.165, 1.54) is 5.56 Å². The quantitative estimate of drug-likeness (QED) is 0.355. The molecule has 7 heteroatoms. The zero-order valence-corrected chi connectivity index (χ0v) is 17.4. The Labute approximate surface area is 174 Å². The molecule has 0 amide bonds. The second-order valence-electron chi connectivity index (χ2n) is 7.35. The van der Waals surface area contributed by atoms with E-state index in [4.69, 9.17) is 5.73 Å². The molecule has 4 rings (SSSR count). The third-order valence-corrected chi connectivity index (χ3v) is 6.00. The number of H-pyrrole nitrogens is 1. The Morgan fingerprint density at radius 3 is 2.83 bits per heavy atom. The fraction of sp³-hybridized carbons (Fsp3) is 0.318. The molecule has 4 aromatic rings. The summed E-state index contributed by atoms with van der Waals surface area (Å²) >= 11 is 1.55. The van der Waals surface area contributed by atoms with E-state index in [1.54, 1.807) is 11.3 Å². The number of aromatic nitrogens is 4. The minimum atomic E-state index is 0.114. The van der Waals surface area contributed by atoms with Crippen LogP contribution in [0.15, 0.2) is 48.5 Å².